The molecule has 2 rings (SSSR count). The van der Waals surface area contributed by atoms with E-state index >= 15 is 0 Å². The molecule has 0 atom stereocenters. The Morgan fingerprint density at radius 2 is 1.58 bits per heavy atom. The largest absolute Gasteiger partial charge is 1.00 e. The van der Waals surface area contributed by atoms with Gasteiger partial charge < -0.3 is 13.4 Å². The van der Waals surface area contributed by atoms with Crippen molar-refractivity contribution in [2.75, 3.05) is 0 Å². The molecule has 1 aromatic rings. The summed E-state index contributed by atoms with van der Waals surface area (Å²) in [6.07, 6.45) is 6.42. The van der Waals surface area contributed by atoms with E-state index in [0.717, 1.165) is 25.3 Å². The number of aryl methyl sites for hydroxylation is 3. The summed E-state index contributed by atoms with van der Waals surface area (Å²) in [4.78, 5) is 12.5. The Hall–Kier alpha value is -0.0826. The van der Waals surface area contributed by atoms with Gasteiger partial charge in [0.2, 0.25) is 0 Å². The molecule has 1 nitrogen and oxygen atoms in total. The molecule has 0 spiro atoms. The van der Waals surface area contributed by atoms with Crippen LogP contribution >= 0.6 is 8.58 Å². The van der Waals surface area contributed by atoms with Crippen molar-refractivity contribution in [3.05, 3.63) is 34.4 Å². The normalized spacial score (nSPS) is 16.6. The molecule has 0 bridgehead atoms. The minimum absolute atomic E-state index is 0. The Bertz CT molecular complexity index is 427. The first-order valence-corrected chi connectivity index (χ1v) is 7.87. The van der Waals surface area contributed by atoms with Gasteiger partial charge in [-0.1, -0.05) is 49.8 Å². The van der Waals surface area contributed by atoms with Gasteiger partial charge in [-0.2, -0.15) is 5.66 Å². The third-order valence-electron chi connectivity index (χ3n) is 3.77. The molecule has 0 amide bonds. The van der Waals surface area contributed by atoms with E-state index < -0.39 is 0 Å². The Morgan fingerprint density at radius 1 is 1.05 bits per heavy atom. The van der Waals surface area contributed by atoms with Gasteiger partial charge in [0, 0.05) is 5.52 Å². The van der Waals surface area contributed by atoms with Crippen molar-refractivity contribution < 1.29 is 23.7 Å². The van der Waals surface area contributed by atoms with Gasteiger partial charge in [0.25, 0.3) is 0 Å². The van der Waals surface area contributed by atoms with Gasteiger partial charge in [0.1, 0.15) is 0 Å². The van der Waals surface area contributed by atoms with Gasteiger partial charge >= 0.3 is 18.9 Å². The van der Waals surface area contributed by atoms with E-state index in [-0.39, 0.29) is 18.9 Å². The van der Waals surface area contributed by atoms with Crippen LogP contribution in [0, 0.1) is 20.8 Å². The predicted molar refractivity (Wildman–Crippen MR) is 78.8 cm³/mol. The third kappa shape index (κ3) is 4.46. The molecule has 1 aliphatic rings. The van der Waals surface area contributed by atoms with E-state index in [4.69, 9.17) is 0 Å². The summed E-state index contributed by atoms with van der Waals surface area (Å²) >= 11 is 0. The summed E-state index contributed by atoms with van der Waals surface area (Å²) in [6.45, 7) is 6.21. The SMILES string of the molecule is Cc1cc(C)c(C(=O)[P-]C2CCCCC2)c(C)c1.[Li+]. The molecule has 3 heteroatoms. The van der Waals surface area contributed by atoms with Gasteiger partial charge in [0.05, 0.1) is 0 Å². The molecule has 19 heavy (non-hydrogen) atoms. The van der Waals surface area contributed by atoms with Crippen LogP contribution in [-0.4, -0.2) is 11.2 Å². The van der Waals surface area contributed by atoms with Gasteiger partial charge in [-0.3, -0.25) is 0 Å². The maximum atomic E-state index is 12.5. The van der Waals surface area contributed by atoms with Crippen LogP contribution in [0.25, 0.3) is 0 Å². The van der Waals surface area contributed by atoms with Crippen LogP contribution in [0.4, 0.5) is 0 Å². The number of hydrogen-bond donors (Lipinski definition) is 0. The Morgan fingerprint density at radius 3 is 2.11 bits per heavy atom. The molecule has 0 saturated heterocycles. The Kier molecular flexibility index (Phi) is 6.82. The Labute approximate surface area is 130 Å². The molecule has 0 aromatic heterocycles. The summed E-state index contributed by atoms with van der Waals surface area (Å²) in [5, 5.41) is 0. The van der Waals surface area contributed by atoms with Crippen LogP contribution < -0.4 is 18.9 Å². The quantitative estimate of drug-likeness (QED) is 0.605. The first-order chi connectivity index (χ1) is 8.58. The fourth-order valence-corrected chi connectivity index (χ4v) is 4.39. The van der Waals surface area contributed by atoms with E-state index in [2.05, 4.69) is 32.9 Å². The molecular weight excluding hydrogens is 246 g/mol. The molecule has 0 heterocycles. The van der Waals surface area contributed by atoms with E-state index in [0.29, 0.717) is 11.2 Å². The van der Waals surface area contributed by atoms with Gasteiger partial charge in [-0.25, -0.2) is 0 Å². The van der Waals surface area contributed by atoms with Crippen molar-refractivity contribution in [1.82, 2.24) is 0 Å². The molecule has 0 N–H and O–H groups in total. The van der Waals surface area contributed by atoms with Crippen molar-refractivity contribution in [1.29, 1.82) is 0 Å². The van der Waals surface area contributed by atoms with E-state index in [9.17, 15) is 4.79 Å². The van der Waals surface area contributed by atoms with Crippen LogP contribution in [0.1, 0.15) is 59.2 Å². The first-order valence-electron chi connectivity index (χ1n) is 6.91. The summed E-state index contributed by atoms with van der Waals surface area (Å²) in [5.74, 6) is 0. The second-order valence-corrected chi connectivity index (χ2v) is 6.89. The first kappa shape index (κ1) is 17.0. The molecule has 0 unspecified atom stereocenters. The summed E-state index contributed by atoms with van der Waals surface area (Å²) in [6, 6.07) is 4.24. The average molecular weight is 268 g/mol. The number of rotatable bonds is 3. The van der Waals surface area contributed by atoms with Crippen molar-refractivity contribution in [3.8, 4) is 0 Å². The summed E-state index contributed by atoms with van der Waals surface area (Å²) in [7, 11) is 1.03. The smallest absolute Gasteiger partial charge is 0.456 e. The fourth-order valence-electron chi connectivity index (χ4n) is 2.96. The van der Waals surface area contributed by atoms with E-state index in [1.54, 1.807) is 0 Å². The maximum Gasteiger partial charge on any atom is 1.00 e. The van der Waals surface area contributed by atoms with E-state index in [1.807, 2.05) is 0 Å². The zero-order valence-electron chi connectivity index (χ0n) is 12.6. The van der Waals surface area contributed by atoms with E-state index in [1.165, 1.54) is 37.7 Å². The monoisotopic (exact) mass is 268 g/mol. The second-order valence-electron chi connectivity index (χ2n) is 5.50. The Balaban J connectivity index is 0.00000180. The van der Waals surface area contributed by atoms with Crippen LogP contribution in [0.3, 0.4) is 0 Å². The average Bonchev–Trinajstić information content (AvgIpc) is 2.28. The predicted octanol–water partition coefficient (Wildman–Crippen LogP) is 2.03. The molecule has 0 aliphatic heterocycles. The molecule has 1 saturated carbocycles. The fraction of sp³-hybridized carbons (Fsp3) is 0.562. The van der Waals surface area contributed by atoms with Gasteiger partial charge in [-0.05, 0) is 37.5 Å². The third-order valence-corrected chi connectivity index (χ3v) is 5.11. The van der Waals surface area contributed by atoms with Crippen molar-refractivity contribution in [2.24, 2.45) is 0 Å². The standard InChI is InChI=1S/C16H22OP.Li/c1-11-9-12(2)15(13(3)10-11)16(17)18-14-7-5-4-6-8-14;/h9-10,14H,4-8H2,1-3H3;/q-1;+1. The molecule has 1 fully saturated rings. The molecule has 1 aliphatic carbocycles. The van der Waals surface area contributed by atoms with Crippen molar-refractivity contribution in [2.45, 2.75) is 58.5 Å². The minimum atomic E-state index is 0. The van der Waals surface area contributed by atoms with Crippen LogP contribution in [0.15, 0.2) is 12.1 Å². The number of carbonyl (C=O) groups is 1. The van der Waals surface area contributed by atoms with Crippen LogP contribution in [-0.2, 0) is 0 Å². The van der Waals surface area contributed by atoms with Crippen molar-refractivity contribution in [3.63, 3.8) is 0 Å². The molecule has 0 radical (unpaired) electrons. The molecular formula is C16H22LiOP. The van der Waals surface area contributed by atoms with Crippen molar-refractivity contribution >= 4 is 14.1 Å². The maximum absolute atomic E-state index is 12.5. The minimum Gasteiger partial charge on any atom is -0.456 e. The number of carbonyl (C=O) groups excluding carboxylic acids is 1. The summed E-state index contributed by atoms with van der Waals surface area (Å²) < 4.78 is 0. The topological polar surface area (TPSA) is 17.1 Å². The second kappa shape index (κ2) is 7.63. The molecule has 98 valence electrons. The van der Waals surface area contributed by atoms with Gasteiger partial charge in [-0.15, -0.1) is 0 Å². The van der Waals surface area contributed by atoms with Crippen LogP contribution in [0.2, 0.25) is 0 Å². The summed E-state index contributed by atoms with van der Waals surface area (Å²) in [5.41, 5.74) is 5.42. The van der Waals surface area contributed by atoms with Gasteiger partial charge in [0.15, 0.2) is 0 Å². The van der Waals surface area contributed by atoms with Crippen LogP contribution in [0.5, 0.6) is 0 Å². The number of hydrogen-bond acceptors (Lipinski definition) is 1. The zero-order chi connectivity index (χ0) is 13.1. The number of benzene rings is 1. The zero-order valence-corrected chi connectivity index (χ0v) is 13.5. The molecule has 1 aromatic carbocycles.